The lowest BCUT2D eigenvalue weighted by Gasteiger charge is -2.02. The van der Waals surface area contributed by atoms with Gasteiger partial charge in [0.1, 0.15) is 5.82 Å². The van der Waals surface area contributed by atoms with Gasteiger partial charge in [-0.05, 0) is 19.1 Å². The molecule has 0 spiro atoms. The Morgan fingerprint density at radius 2 is 2.42 bits per heavy atom. The van der Waals surface area contributed by atoms with Crippen LogP contribution in [0.5, 0.6) is 0 Å². The van der Waals surface area contributed by atoms with Gasteiger partial charge >= 0.3 is 0 Å². The van der Waals surface area contributed by atoms with E-state index in [2.05, 4.69) is 16.2 Å². The number of terminal acetylenes is 1. The molecule has 0 saturated heterocycles. The summed E-state index contributed by atoms with van der Waals surface area (Å²) in [6.45, 7) is 2.75. The number of aromatic nitrogens is 1. The average Bonchev–Trinajstić information content (AvgIpc) is 2.05. The van der Waals surface area contributed by atoms with Gasteiger partial charge in [0.2, 0.25) is 0 Å². The van der Waals surface area contributed by atoms with Crippen LogP contribution in [-0.2, 0) is 0 Å². The van der Waals surface area contributed by atoms with Crippen molar-refractivity contribution in [1.82, 2.24) is 4.98 Å². The third kappa shape index (κ3) is 2.63. The van der Waals surface area contributed by atoms with Gasteiger partial charge in [0.15, 0.2) is 0 Å². The van der Waals surface area contributed by atoms with Gasteiger partial charge in [0, 0.05) is 18.7 Å². The fourth-order valence-electron chi connectivity index (χ4n) is 0.904. The van der Waals surface area contributed by atoms with Crippen molar-refractivity contribution in [2.45, 2.75) is 13.3 Å². The van der Waals surface area contributed by atoms with E-state index in [1.807, 2.05) is 25.1 Å². The molecule has 0 aliphatic rings. The zero-order valence-electron chi connectivity index (χ0n) is 7.17. The minimum absolute atomic E-state index is 0.732. The molecule has 62 valence electrons. The summed E-state index contributed by atoms with van der Waals surface area (Å²) in [5.41, 5.74) is 1.01. The van der Waals surface area contributed by atoms with E-state index in [-0.39, 0.29) is 0 Å². The molecule has 1 rings (SSSR count). The Kier molecular flexibility index (Phi) is 3.16. The van der Waals surface area contributed by atoms with Gasteiger partial charge in [-0.15, -0.1) is 12.3 Å². The zero-order valence-corrected chi connectivity index (χ0v) is 7.17. The number of nitrogens with one attached hydrogen (secondary N) is 1. The zero-order chi connectivity index (χ0) is 8.81. The van der Waals surface area contributed by atoms with E-state index in [4.69, 9.17) is 6.42 Å². The molecular weight excluding hydrogens is 148 g/mol. The molecular formula is C10H12N2. The molecule has 0 aliphatic carbocycles. The number of hydrogen-bond donors (Lipinski definition) is 1. The number of aryl methyl sites for hydroxylation is 1. The smallest absolute Gasteiger partial charge is 0.126 e. The number of pyridine rings is 1. The molecule has 12 heavy (non-hydrogen) atoms. The Bertz CT molecular complexity index is 286. The van der Waals surface area contributed by atoms with E-state index in [1.165, 1.54) is 0 Å². The van der Waals surface area contributed by atoms with E-state index in [9.17, 15) is 0 Å². The molecule has 2 nitrogen and oxygen atoms in total. The Labute approximate surface area is 73.0 Å². The molecule has 1 N–H and O–H groups in total. The van der Waals surface area contributed by atoms with Gasteiger partial charge in [0.25, 0.3) is 0 Å². The molecule has 0 unspecified atom stereocenters. The van der Waals surface area contributed by atoms with E-state index >= 15 is 0 Å². The van der Waals surface area contributed by atoms with Crippen molar-refractivity contribution in [2.24, 2.45) is 0 Å². The number of hydrogen-bond acceptors (Lipinski definition) is 2. The van der Waals surface area contributed by atoms with Gasteiger partial charge in [-0.1, -0.05) is 6.07 Å². The predicted molar refractivity (Wildman–Crippen MR) is 50.9 cm³/mol. The summed E-state index contributed by atoms with van der Waals surface area (Å²) in [6, 6.07) is 5.87. The fraction of sp³-hybridized carbons (Fsp3) is 0.300. The number of rotatable bonds is 3. The van der Waals surface area contributed by atoms with Crippen LogP contribution in [0.1, 0.15) is 12.1 Å². The lowest BCUT2D eigenvalue weighted by Crippen LogP contribution is -2.02. The third-order valence-corrected chi connectivity index (χ3v) is 1.46. The van der Waals surface area contributed by atoms with Crippen molar-refractivity contribution >= 4 is 5.82 Å². The van der Waals surface area contributed by atoms with Crippen molar-refractivity contribution < 1.29 is 0 Å². The van der Waals surface area contributed by atoms with Crippen LogP contribution < -0.4 is 5.32 Å². The van der Waals surface area contributed by atoms with Crippen LogP contribution in [0.15, 0.2) is 18.2 Å². The van der Waals surface area contributed by atoms with Crippen molar-refractivity contribution in [3.8, 4) is 12.3 Å². The minimum atomic E-state index is 0.732. The molecule has 0 amide bonds. The lowest BCUT2D eigenvalue weighted by atomic mass is 10.3. The summed E-state index contributed by atoms with van der Waals surface area (Å²) < 4.78 is 0. The monoisotopic (exact) mass is 160 g/mol. The first kappa shape index (κ1) is 8.61. The third-order valence-electron chi connectivity index (χ3n) is 1.46. The maximum Gasteiger partial charge on any atom is 0.126 e. The Hall–Kier alpha value is -1.49. The summed E-state index contributed by atoms with van der Waals surface area (Å²) in [5, 5.41) is 3.13. The Morgan fingerprint density at radius 1 is 1.58 bits per heavy atom. The van der Waals surface area contributed by atoms with Gasteiger partial charge < -0.3 is 5.32 Å². The molecule has 0 aliphatic heterocycles. The predicted octanol–water partition coefficient (Wildman–Crippen LogP) is 1.83. The summed E-state index contributed by atoms with van der Waals surface area (Å²) in [6.07, 6.45) is 5.84. The molecule has 0 saturated carbocycles. The van der Waals surface area contributed by atoms with Crippen molar-refractivity contribution in [3.05, 3.63) is 23.9 Å². The minimum Gasteiger partial charge on any atom is -0.369 e. The second kappa shape index (κ2) is 4.40. The van der Waals surface area contributed by atoms with Gasteiger partial charge in [-0.3, -0.25) is 0 Å². The van der Waals surface area contributed by atoms with Crippen LogP contribution in [0.2, 0.25) is 0 Å². The molecule has 1 aromatic rings. The quantitative estimate of drug-likeness (QED) is 0.539. The Morgan fingerprint density at radius 3 is 3.08 bits per heavy atom. The van der Waals surface area contributed by atoms with Crippen LogP contribution >= 0.6 is 0 Å². The topological polar surface area (TPSA) is 24.9 Å². The molecule has 1 heterocycles. The summed E-state index contributed by atoms with van der Waals surface area (Å²) >= 11 is 0. The number of anilines is 1. The maximum absolute atomic E-state index is 5.11. The summed E-state index contributed by atoms with van der Waals surface area (Å²) in [7, 11) is 0. The highest BCUT2D eigenvalue weighted by Crippen LogP contribution is 2.02. The van der Waals surface area contributed by atoms with Crippen LogP contribution in [-0.4, -0.2) is 11.5 Å². The van der Waals surface area contributed by atoms with Gasteiger partial charge in [-0.25, -0.2) is 4.98 Å². The first-order valence-corrected chi connectivity index (χ1v) is 3.94. The molecule has 0 bridgehead atoms. The second-order valence-electron chi connectivity index (χ2n) is 2.55. The normalized spacial score (nSPS) is 9.00. The first-order valence-electron chi connectivity index (χ1n) is 3.94. The van der Waals surface area contributed by atoms with Crippen LogP contribution in [0.25, 0.3) is 0 Å². The molecule has 0 atom stereocenters. The van der Waals surface area contributed by atoms with Crippen LogP contribution in [0.3, 0.4) is 0 Å². The largest absolute Gasteiger partial charge is 0.369 e. The van der Waals surface area contributed by atoms with Crippen LogP contribution in [0.4, 0.5) is 5.82 Å². The highest BCUT2D eigenvalue weighted by atomic mass is 15.0. The van der Waals surface area contributed by atoms with Crippen molar-refractivity contribution in [1.29, 1.82) is 0 Å². The Balaban J connectivity index is 2.48. The fourth-order valence-corrected chi connectivity index (χ4v) is 0.904. The molecule has 0 fully saturated rings. The van der Waals surface area contributed by atoms with Crippen molar-refractivity contribution in [2.75, 3.05) is 11.9 Å². The van der Waals surface area contributed by atoms with Crippen LogP contribution in [0, 0.1) is 19.3 Å². The average molecular weight is 160 g/mol. The van der Waals surface area contributed by atoms with Crippen molar-refractivity contribution in [3.63, 3.8) is 0 Å². The first-order chi connectivity index (χ1) is 5.83. The molecule has 2 heteroatoms. The standard InChI is InChI=1S/C10H12N2/c1-3-4-8-11-10-7-5-6-9(2)12-10/h1,5-7H,4,8H2,2H3,(H,11,12). The van der Waals surface area contributed by atoms with E-state index < -0.39 is 0 Å². The molecule has 1 aromatic heterocycles. The lowest BCUT2D eigenvalue weighted by molar-refractivity contribution is 1.06. The second-order valence-corrected chi connectivity index (χ2v) is 2.55. The van der Waals surface area contributed by atoms with Gasteiger partial charge in [0.05, 0.1) is 0 Å². The molecule has 0 aromatic carbocycles. The van der Waals surface area contributed by atoms with E-state index in [1.54, 1.807) is 0 Å². The van der Waals surface area contributed by atoms with Gasteiger partial charge in [-0.2, -0.15) is 0 Å². The van der Waals surface area contributed by atoms with E-state index in [0.29, 0.717) is 0 Å². The number of nitrogens with zero attached hydrogens (tertiary/aromatic N) is 1. The summed E-state index contributed by atoms with van der Waals surface area (Å²) in [4.78, 5) is 4.27. The van der Waals surface area contributed by atoms with E-state index in [0.717, 1.165) is 24.5 Å². The maximum atomic E-state index is 5.11. The highest BCUT2D eigenvalue weighted by Gasteiger charge is 1.90. The molecule has 0 radical (unpaired) electrons. The SMILES string of the molecule is C#CCCNc1cccc(C)n1. The highest BCUT2D eigenvalue weighted by molar-refractivity contribution is 5.34. The summed E-state index contributed by atoms with van der Waals surface area (Å²) in [5.74, 6) is 3.46.